The molecule has 0 bridgehead atoms. The van der Waals surface area contributed by atoms with Crippen LogP contribution in [0.1, 0.15) is 259 Å². The Labute approximate surface area is 584 Å². The molecule has 0 radical (unpaired) electrons. The maximum Gasteiger partial charge on any atom is 0.156 e. The zero-order chi connectivity index (χ0) is 72.1. The molecular weight excluding hydrogens is 1210 g/mol. The fraction of sp³-hybridized carbons (Fsp3) is 0.744. The lowest BCUT2D eigenvalue weighted by atomic mass is 9.34. The summed E-state index contributed by atoms with van der Waals surface area (Å²) >= 11 is 0. The Balaban J connectivity index is 0.000000158. The van der Waals surface area contributed by atoms with E-state index in [1.165, 1.54) is 51.4 Å². The summed E-state index contributed by atoms with van der Waals surface area (Å²) < 4.78 is 0. The third-order valence-electron chi connectivity index (χ3n) is 31.0. The minimum Gasteiger partial charge on any atom is -0.377 e. The molecule has 0 heterocycles. The molecule has 0 aromatic carbocycles. The van der Waals surface area contributed by atoms with E-state index in [1.807, 2.05) is 25.2 Å². The topological polar surface area (TPSA) is 191 Å². The van der Waals surface area contributed by atoms with Gasteiger partial charge in [0.25, 0.3) is 0 Å². The Morgan fingerprint density at radius 1 is 0.433 bits per heavy atom. The largest absolute Gasteiger partial charge is 0.377 e. The SMILES string of the molecule is C=C1C[C@@H](C=O)C(C=O)=C[C@@H]2CC(C)(C)C[C@H]12.CC1(C)CCC[C@@]2(C)[C@H]1CC=C(C=O)[C@]2(O)C=O.CC1(C)CCC[C@]2(C)[C@@H](C=O)C(C=O)=CC[C@@H]12.CC1(C)CCC[C@]2(C)[C@@H](C=O)C(C=O)=CC[C@@H]12.C[C@H]1C[C@@H]2[C@@]3(C)CCCC(C)(C)[C@@H]3CC[C@@]2(C)[C@@H]2CC=C(C=O)[C@H](C=O)[C@@]12C. The van der Waals surface area contributed by atoms with Crippen molar-refractivity contribution in [3.8, 4) is 0 Å². The molecule has 0 aromatic rings. The molecule has 536 valence electrons. The molecule has 0 amide bonds. The highest BCUT2D eigenvalue weighted by Crippen LogP contribution is 2.74. The molecule has 1 N–H and O–H groups in total. The number of fused-ring (bicyclic) bond motifs is 9. The molecule has 11 nitrogen and oxygen atoms in total. The monoisotopic (exact) mass is 1330 g/mol. The number of rotatable bonds is 10. The van der Waals surface area contributed by atoms with Crippen LogP contribution in [0, 0.1) is 136 Å². The van der Waals surface area contributed by atoms with E-state index < -0.39 is 11.0 Å². The molecule has 7 fully saturated rings. The summed E-state index contributed by atoms with van der Waals surface area (Å²) in [5.74, 6) is 3.72. The van der Waals surface area contributed by atoms with Gasteiger partial charge in [0.05, 0.1) is 0 Å². The molecule has 7 saturated carbocycles. The van der Waals surface area contributed by atoms with Gasteiger partial charge in [0.15, 0.2) is 11.9 Å². The number of hydrogen-bond donors (Lipinski definition) is 1. The first-order chi connectivity index (χ1) is 45.2. The summed E-state index contributed by atoms with van der Waals surface area (Å²) in [4.78, 5) is 114. The third-order valence-corrected chi connectivity index (χ3v) is 31.0. The first-order valence-electron chi connectivity index (χ1n) is 37.7. The second kappa shape index (κ2) is 28.5. The molecule has 0 aromatic heterocycles. The van der Waals surface area contributed by atoms with Crippen LogP contribution in [0.2, 0.25) is 0 Å². The van der Waals surface area contributed by atoms with Crippen LogP contribution in [0.25, 0.3) is 0 Å². The van der Waals surface area contributed by atoms with Crippen LogP contribution >= 0.6 is 0 Å². The second-order valence-corrected chi connectivity index (χ2v) is 38.3. The molecule has 0 unspecified atom stereocenters. The molecule has 97 heavy (non-hydrogen) atoms. The highest BCUT2D eigenvalue weighted by atomic mass is 16.3. The van der Waals surface area contributed by atoms with Gasteiger partial charge in [0.1, 0.15) is 56.6 Å². The van der Waals surface area contributed by atoms with Crippen LogP contribution in [0.15, 0.2) is 70.4 Å². The highest BCUT2D eigenvalue weighted by molar-refractivity contribution is 5.88. The Hall–Kier alpha value is -4.90. The van der Waals surface area contributed by atoms with Gasteiger partial charge >= 0.3 is 0 Å². The van der Waals surface area contributed by atoms with E-state index in [4.69, 9.17) is 0 Å². The van der Waals surface area contributed by atoms with Crippen LogP contribution in [-0.2, 0) is 47.9 Å². The zero-order valence-corrected chi connectivity index (χ0v) is 63.0. The molecular formula is C86H126O11. The first-order valence-corrected chi connectivity index (χ1v) is 37.7. The fourth-order valence-corrected chi connectivity index (χ4v) is 25.6. The number of aldehydes is 10. The van der Waals surface area contributed by atoms with Crippen molar-refractivity contribution in [3.05, 3.63) is 70.4 Å². The van der Waals surface area contributed by atoms with Crippen molar-refractivity contribution in [1.82, 2.24) is 0 Å². The Kier molecular flexibility index (Phi) is 22.9. The highest BCUT2D eigenvalue weighted by Gasteiger charge is 2.68. The molecule has 0 spiro atoms. The summed E-state index contributed by atoms with van der Waals surface area (Å²) in [6.45, 7) is 43.5. The Bertz CT molecular complexity index is 3130. The minimum atomic E-state index is -1.62. The van der Waals surface area contributed by atoms with Crippen LogP contribution in [0.5, 0.6) is 0 Å². The van der Waals surface area contributed by atoms with Gasteiger partial charge in [0, 0.05) is 34.7 Å². The lowest BCUT2D eigenvalue weighted by molar-refractivity contribution is -0.214. The molecule has 12 aliphatic rings. The predicted molar refractivity (Wildman–Crippen MR) is 385 cm³/mol. The summed E-state index contributed by atoms with van der Waals surface area (Å²) in [7, 11) is 0. The standard InChI is InChI=1S/C26H40O2.C15H22O3.C15H20O2.2C15H22O2/c1-17-14-22-24(4)12-7-11-23(2,3)20(24)10-13-25(22,5)21-9-8-18(15-27)19(16-28)26(17,21)6;1-13(2)7-4-8-14(3)12(13)6-5-11(9-16)15(14,18)10-17;1-10-4-12(8-16)13(9-17)5-11-6-15(2,3)7-14(10)11;2*1-14(2)7-4-8-15(3)12(10-17)11(9-16)5-6-13(14)15/h8,15-17,19-22H,7,9-14H2,1-6H3;5,9-10,12,18H,4,6-8H2,1-3H3;5,8-9,11-12,14H,1,4,6-7H2,2-3H3;2*5,9-10,12-13H,4,6-8H2,1-3H3/t17-,19-,20-,21-,22+,24-,25-,26+;12-,14-,15+;11-,12+,14-;2*12-,13-,15+/m00100/s1. The average molecular weight is 1340 g/mol. The van der Waals surface area contributed by atoms with Gasteiger partial charge in [0.2, 0.25) is 0 Å². The van der Waals surface area contributed by atoms with Gasteiger partial charge in [-0.1, -0.05) is 186 Å². The molecule has 0 saturated heterocycles. The van der Waals surface area contributed by atoms with Gasteiger partial charge in [-0.15, -0.1) is 0 Å². The molecule has 11 heteroatoms. The third kappa shape index (κ3) is 13.5. The van der Waals surface area contributed by atoms with E-state index >= 15 is 0 Å². The van der Waals surface area contributed by atoms with Gasteiger partial charge in [-0.3, -0.25) is 28.8 Å². The lowest BCUT2D eigenvalue weighted by Crippen LogP contribution is -2.64. The van der Waals surface area contributed by atoms with Crippen molar-refractivity contribution in [3.63, 3.8) is 0 Å². The summed E-state index contributed by atoms with van der Waals surface area (Å²) in [6.07, 6.45) is 42.8. The number of allylic oxidation sites excluding steroid dienone is 10. The van der Waals surface area contributed by atoms with Crippen LogP contribution < -0.4 is 0 Å². The van der Waals surface area contributed by atoms with Crippen molar-refractivity contribution in [1.29, 1.82) is 0 Å². The molecule has 12 aliphatic carbocycles. The lowest BCUT2D eigenvalue weighted by Gasteiger charge is -2.71. The second-order valence-electron chi connectivity index (χ2n) is 38.3. The van der Waals surface area contributed by atoms with Gasteiger partial charge in [-0.25, -0.2) is 0 Å². The average Bonchev–Trinajstić information content (AvgIpc) is 1.05. The van der Waals surface area contributed by atoms with Crippen LogP contribution in [-0.4, -0.2) is 73.6 Å². The van der Waals surface area contributed by atoms with Crippen molar-refractivity contribution >= 4 is 62.9 Å². The number of hydrogen-bond acceptors (Lipinski definition) is 11. The van der Waals surface area contributed by atoms with E-state index in [9.17, 15) is 53.1 Å². The quantitative estimate of drug-likeness (QED) is 0.162. The van der Waals surface area contributed by atoms with Gasteiger partial charge < -0.3 is 24.3 Å². The van der Waals surface area contributed by atoms with E-state index in [0.29, 0.717) is 87.5 Å². The van der Waals surface area contributed by atoms with E-state index in [2.05, 4.69) is 123 Å². The van der Waals surface area contributed by atoms with Gasteiger partial charge in [-0.2, -0.15) is 0 Å². The Morgan fingerprint density at radius 2 is 0.856 bits per heavy atom. The van der Waals surface area contributed by atoms with Crippen molar-refractivity contribution in [2.75, 3.05) is 0 Å². The van der Waals surface area contributed by atoms with E-state index in [-0.39, 0.29) is 73.1 Å². The van der Waals surface area contributed by atoms with E-state index in [1.54, 1.807) is 6.08 Å². The summed E-state index contributed by atoms with van der Waals surface area (Å²) in [6, 6.07) is 0. The number of carbonyl (C=O) groups excluding carboxylic acids is 10. The maximum atomic E-state index is 12.2. The van der Waals surface area contributed by atoms with E-state index in [0.717, 1.165) is 157 Å². The van der Waals surface area contributed by atoms with Crippen LogP contribution in [0.3, 0.4) is 0 Å². The predicted octanol–water partition coefficient (Wildman–Crippen LogP) is 17.8. The summed E-state index contributed by atoms with van der Waals surface area (Å²) in [5.41, 5.74) is 4.01. The first kappa shape index (κ1) is 77.8. The molecule has 0 aliphatic heterocycles. The van der Waals surface area contributed by atoms with Crippen molar-refractivity contribution < 1.29 is 53.1 Å². The number of carbonyl (C=O) groups is 10. The number of aliphatic hydroxyl groups is 1. The molecule has 20 atom stereocenters. The zero-order valence-electron chi connectivity index (χ0n) is 63.0. The maximum absolute atomic E-state index is 12.2. The minimum absolute atomic E-state index is 0.0194. The molecule has 12 rings (SSSR count). The Morgan fingerprint density at radius 3 is 1.31 bits per heavy atom. The van der Waals surface area contributed by atoms with Gasteiger partial charge in [-0.05, 0) is 245 Å². The fourth-order valence-electron chi connectivity index (χ4n) is 25.6. The van der Waals surface area contributed by atoms with Crippen LogP contribution in [0.4, 0.5) is 0 Å². The van der Waals surface area contributed by atoms with Crippen molar-refractivity contribution in [2.24, 2.45) is 136 Å². The van der Waals surface area contributed by atoms with Crippen molar-refractivity contribution in [2.45, 2.75) is 265 Å². The normalized spacial score (nSPS) is 43.4. The summed E-state index contributed by atoms with van der Waals surface area (Å²) in [5, 5.41) is 10.8. The smallest absolute Gasteiger partial charge is 0.156 e.